The first-order valence-electron chi connectivity index (χ1n) is 3.18. The lowest BCUT2D eigenvalue weighted by atomic mass is 10.2. The zero-order chi connectivity index (χ0) is 8.97. The third-order valence-electron chi connectivity index (χ3n) is 1.24. The molecule has 0 saturated carbocycles. The van der Waals surface area contributed by atoms with Gasteiger partial charge in [0.1, 0.15) is 11.6 Å². The molecule has 0 aliphatic heterocycles. The molecule has 0 aliphatic carbocycles. The van der Waals surface area contributed by atoms with E-state index in [1.165, 1.54) is 18.6 Å². The highest BCUT2D eigenvalue weighted by Crippen LogP contribution is 2.05. The van der Waals surface area contributed by atoms with Crippen LogP contribution in [0.25, 0.3) is 6.08 Å². The Balaban J connectivity index is 2.95. The van der Waals surface area contributed by atoms with Gasteiger partial charge in [-0.3, -0.25) is 4.79 Å². The fourth-order valence-corrected chi connectivity index (χ4v) is 0.682. The van der Waals surface area contributed by atoms with Crippen molar-refractivity contribution >= 4 is 12.0 Å². The first kappa shape index (κ1) is 8.08. The molecule has 4 nitrogen and oxygen atoms in total. The van der Waals surface area contributed by atoms with Gasteiger partial charge in [-0.25, -0.2) is 0 Å². The lowest BCUT2D eigenvalue weighted by molar-refractivity contribution is -0.114. The van der Waals surface area contributed by atoms with Crippen molar-refractivity contribution in [3.63, 3.8) is 0 Å². The highest BCUT2D eigenvalue weighted by molar-refractivity contribution is 6.00. The van der Waals surface area contributed by atoms with Gasteiger partial charge in [0.2, 0.25) is 0 Å². The average Bonchev–Trinajstić information content (AvgIpc) is 2.51. The summed E-state index contributed by atoms with van der Waals surface area (Å²) in [5, 5.41) is 8.45. The number of furan rings is 1. The molecule has 0 aliphatic rings. The molecule has 2 N–H and O–H groups in total. The van der Waals surface area contributed by atoms with Gasteiger partial charge in [0.05, 0.1) is 12.5 Å². The molecule has 1 aromatic heterocycles. The van der Waals surface area contributed by atoms with E-state index in [1.807, 2.05) is 0 Å². The average molecular weight is 162 g/mol. The summed E-state index contributed by atoms with van der Waals surface area (Å²) in [6.45, 7) is 0. The van der Waals surface area contributed by atoms with Crippen LogP contribution < -0.4 is 5.73 Å². The summed E-state index contributed by atoms with van der Waals surface area (Å²) in [4.78, 5) is 10.6. The molecule has 0 bridgehead atoms. The molecule has 60 valence electrons. The minimum Gasteiger partial charge on any atom is -0.472 e. The van der Waals surface area contributed by atoms with Crippen LogP contribution in [0.15, 0.2) is 28.6 Å². The van der Waals surface area contributed by atoms with Crippen LogP contribution in [-0.2, 0) is 4.79 Å². The van der Waals surface area contributed by atoms with Gasteiger partial charge >= 0.3 is 0 Å². The maximum atomic E-state index is 10.6. The maximum absolute atomic E-state index is 10.6. The van der Waals surface area contributed by atoms with Crippen molar-refractivity contribution < 1.29 is 9.21 Å². The number of hydrogen-bond acceptors (Lipinski definition) is 3. The minimum atomic E-state index is -0.737. The number of carbonyl (C=O) groups is 1. The van der Waals surface area contributed by atoms with Gasteiger partial charge in [-0.1, -0.05) is 0 Å². The van der Waals surface area contributed by atoms with E-state index in [-0.39, 0.29) is 5.57 Å². The predicted molar refractivity (Wildman–Crippen MR) is 41.5 cm³/mol. The second-order valence-electron chi connectivity index (χ2n) is 2.09. The fourth-order valence-electron chi connectivity index (χ4n) is 0.682. The molecule has 0 spiro atoms. The second-order valence-corrected chi connectivity index (χ2v) is 2.09. The largest absolute Gasteiger partial charge is 0.472 e. The van der Waals surface area contributed by atoms with Gasteiger partial charge in [-0.2, -0.15) is 5.26 Å². The van der Waals surface area contributed by atoms with Gasteiger partial charge in [0, 0.05) is 5.56 Å². The first-order valence-corrected chi connectivity index (χ1v) is 3.18. The Bertz CT molecular complexity index is 344. The van der Waals surface area contributed by atoms with Crippen LogP contribution in [0, 0.1) is 11.3 Å². The monoisotopic (exact) mass is 162 g/mol. The summed E-state index contributed by atoms with van der Waals surface area (Å²) in [7, 11) is 0. The minimum absolute atomic E-state index is 0.0867. The number of nitriles is 1. The highest BCUT2D eigenvalue weighted by Gasteiger charge is 2.02. The Morgan fingerprint density at radius 3 is 2.92 bits per heavy atom. The quantitative estimate of drug-likeness (QED) is 0.512. The SMILES string of the molecule is N#CC(=Cc1ccoc1)C(N)=O. The van der Waals surface area contributed by atoms with E-state index in [4.69, 9.17) is 15.4 Å². The predicted octanol–water partition coefficient (Wildman–Crippen LogP) is 0.672. The van der Waals surface area contributed by atoms with Crippen LogP contribution in [0.4, 0.5) is 0 Å². The summed E-state index contributed by atoms with van der Waals surface area (Å²) in [6, 6.07) is 3.31. The van der Waals surface area contributed by atoms with Crippen LogP contribution in [0.5, 0.6) is 0 Å². The topological polar surface area (TPSA) is 80.0 Å². The molecule has 4 heteroatoms. The van der Waals surface area contributed by atoms with Crippen LogP contribution in [0.1, 0.15) is 5.56 Å². The van der Waals surface area contributed by atoms with E-state index < -0.39 is 5.91 Å². The van der Waals surface area contributed by atoms with E-state index >= 15 is 0 Å². The van der Waals surface area contributed by atoms with Crippen LogP contribution in [0.2, 0.25) is 0 Å². The number of hydrogen-bond donors (Lipinski definition) is 1. The Morgan fingerprint density at radius 1 is 1.75 bits per heavy atom. The number of carbonyl (C=O) groups excluding carboxylic acids is 1. The van der Waals surface area contributed by atoms with Gasteiger partial charge in [0.25, 0.3) is 5.91 Å². The van der Waals surface area contributed by atoms with Crippen molar-refractivity contribution in [3.8, 4) is 6.07 Å². The van der Waals surface area contributed by atoms with Crippen LogP contribution >= 0.6 is 0 Å². The van der Waals surface area contributed by atoms with Crippen LogP contribution in [0.3, 0.4) is 0 Å². The van der Waals surface area contributed by atoms with Crippen molar-refractivity contribution in [2.45, 2.75) is 0 Å². The highest BCUT2D eigenvalue weighted by atomic mass is 16.3. The van der Waals surface area contributed by atoms with Crippen molar-refractivity contribution in [2.75, 3.05) is 0 Å². The number of nitrogens with two attached hydrogens (primary N) is 1. The molecule has 1 heterocycles. The molecule has 0 unspecified atom stereocenters. The van der Waals surface area contributed by atoms with E-state index in [0.29, 0.717) is 5.56 Å². The molecule has 1 rings (SSSR count). The molecule has 1 amide bonds. The van der Waals surface area contributed by atoms with Crippen LogP contribution in [-0.4, -0.2) is 5.91 Å². The molecule has 0 radical (unpaired) electrons. The summed E-state index contributed by atoms with van der Waals surface area (Å²) >= 11 is 0. The van der Waals surface area contributed by atoms with Gasteiger partial charge in [0.15, 0.2) is 0 Å². The summed E-state index contributed by atoms with van der Waals surface area (Å²) in [5.74, 6) is -0.737. The molecule has 0 aromatic carbocycles. The molecule has 0 saturated heterocycles. The number of rotatable bonds is 2. The maximum Gasteiger partial charge on any atom is 0.259 e. The zero-order valence-corrected chi connectivity index (χ0v) is 6.15. The van der Waals surface area contributed by atoms with E-state index in [1.54, 1.807) is 12.1 Å². The molecule has 0 atom stereocenters. The smallest absolute Gasteiger partial charge is 0.259 e. The van der Waals surface area contributed by atoms with E-state index in [0.717, 1.165) is 0 Å². The molecule has 0 fully saturated rings. The third kappa shape index (κ3) is 1.73. The summed E-state index contributed by atoms with van der Waals surface area (Å²) in [5.41, 5.74) is 5.46. The fraction of sp³-hybridized carbons (Fsp3) is 0. The lowest BCUT2D eigenvalue weighted by Gasteiger charge is -1.87. The van der Waals surface area contributed by atoms with Gasteiger partial charge < -0.3 is 10.2 Å². The molecular weight excluding hydrogens is 156 g/mol. The zero-order valence-electron chi connectivity index (χ0n) is 6.15. The second kappa shape index (κ2) is 3.39. The Labute approximate surface area is 68.9 Å². The number of amides is 1. The normalized spacial score (nSPS) is 10.8. The van der Waals surface area contributed by atoms with E-state index in [2.05, 4.69) is 0 Å². The summed E-state index contributed by atoms with van der Waals surface area (Å²) in [6.07, 6.45) is 4.23. The third-order valence-corrected chi connectivity index (χ3v) is 1.24. The van der Waals surface area contributed by atoms with E-state index in [9.17, 15) is 4.79 Å². The number of nitrogens with zero attached hydrogens (tertiary/aromatic N) is 1. The Hall–Kier alpha value is -2.02. The van der Waals surface area contributed by atoms with Crippen molar-refractivity contribution in [2.24, 2.45) is 5.73 Å². The molecule has 1 aromatic rings. The van der Waals surface area contributed by atoms with Crippen molar-refractivity contribution in [3.05, 3.63) is 29.7 Å². The molecular formula is C8H6N2O2. The van der Waals surface area contributed by atoms with Crippen molar-refractivity contribution in [1.29, 1.82) is 5.26 Å². The van der Waals surface area contributed by atoms with Gasteiger partial charge in [-0.05, 0) is 12.1 Å². The summed E-state index contributed by atoms with van der Waals surface area (Å²) < 4.78 is 4.73. The number of primary amides is 1. The lowest BCUT2D eigenvalue weighted by Crippen LogP contribution is -2.12. The standard InChI is InChI=1S/C8H6N2O2/c9-4-7(8(10)11)3-6-1-2-12-5-6/h1-3,5H,(H2,10,11). The van der Waals surface area contributed by atoms with Crippen molar-refractivity contribution in [1.82, 2.24) is 0 Å². The Kier molecular flexibility index (Phi) is 2.29. The van der Waals surface area contributed by atoms with Gasteiger partial charge in [-0.15, -0.1) is 0 Å². The Morgan fingerprint density at radius 2 is 2.50 bits per heavy atom. The molecule has 12 heavy (non-hydrogen) atoms. The first-order chi connectivity index (χ1) is 5.74.